The number of Topliss-reactive ketones (excluding diaryl/α,β-unsaturated/α-hetero) is 1. The number of hydrogen-bond donors (Lipinski definition) is 0. The molecular formula is C21H20ClN5O2. The van der Waals surface area contributed by atoms with Crippen molar-refractivity contribution in [1.82, 2.24) is 19.5 Å². The van der Waals surface area contributed by atoms with Gasteiger partial charge in [0.25, 0.3) is 5.56 Å². The number of carbonyl (C=O) groups excluding carboxylic acids is 1. The predicted molar refractivity (Wildman–Crippen MR) is 111 cm³/mol. The molecule has 0 atom stereocenters. The monoisotopic (exact) mass is 409 g/mol. The molecule has 3 aromatic rings. The van der Waals surface area contributed by atoms with Crippen LogP contribution in [0.4, 0.5) is 5.95 Å². The van der Waals surface area contributed by atoms with Crippen LogP contribution < -0.4 is 10.5 Å². The van der Waals surface area contributed by atoms with Crippen molar-refractivity contribution in [2.24, 2.45) is 13.0 Å². The summed E-state index contributed by atoms with van der Waals surface area (Å²) < 4.78 is 1.53. The summed E-state index contributed by atoms with van der Waals surface area (Å²) >= 11 is 6.02. The summed E-state index contributed by atoms with van der Waals surface area (Å²) in [6.45, 7) is 1.29. The van der Waals surface area contributed by atoms with E-state index in [2.05, 4.69) is 15.0 Å². The molecule has 0 spiro atoms. The number of halogens is 1. The van der Waals surface area contributed by atoms with Gasteiger partial charge in [0.05, 0.1) is 11.4 Å². The van der Waals surface area contributed by atoms with Gasteiger partial charge in [0, 0.05) is 48.9 Å². The van der Waals surface area contributed by atoms with Crippen LogP contribution in [0.1, 0.15) is 23.2 Å². The second-order valence-corrected chi connectivity index (χ2v) is 7.51. The van der Waals surface area contributed by atoms with Crippen LogP contribution in [0.2, 0.25) is 5.02 Å². The molecule has 0 bridgehead atoms. The number of anilines is 1. The molecule has 0 amide bonds. The summed E-state index contributed by atoms with van der Waals surface area (Å²) in [4.78, 5) is 40.0. The molecule has 1 fully saturated rings. The maximum absolute atomic E-state index is 12.8. The van der Waals surface area contributed by atoms with Gasteiger partial charge in [-0.3, -0.25) is 14.2 Å². The van der Waals surface area contributed by atoms with Crippen LogP contribution >= 0.6 is 11.6 Å². The lowest BCUT2D eigenvalue weighted by molar-refractivity contribution is 0.0900. The van der Waals surface area contributed by atoms with Crippen molar-refractivity contribution < 1.29 is 4.79 Å². The van der Waals surface area contributed by atoms with Crippen LogP contribution in [0.25, 0.3) is 11.4 Å². The fraction of sp³-hybridized carbons (Fsp3) is 0.286. The molecule has 1 aliphatic rings. The zero-order valence-corrected chi connectivity index (χ0v) is 16.7. The Morgan fingerprint density at radius 2 is 1.93 bits per heavy atom. The molecule has 3 heterocycles. The number of carbonyl (C=O) groups is 1. The first-order valence-corrected chi connectivity index (χ1v) is 9.80. The second-order valence-electron chi connectivity index (χ2n) is 7.07. The van der Waals surface area contributed by atoms with Crippen LogP contribution in [-0.2, 0) is 7.05 Å². The van der Waals surface area contributed by atoms with E-state index in [9.17, 15) is 9.59 Å². The fourth-order valence-corrected chi connectivity index (χ4v) is 3.79. The lowest BCUT2D eigenvalue weighted by Crippen LogP contribution is -2.40. The predicted octanol–water partition coefficient (Wildman–Crippen LogP) is 2.99. The zero-order chi connectivity index (χ0) is 20.4. The van der Waals surface area contributed by atoms with Gasteiger partial charge in [-0.25, -0.2) is 15.0 Å². The molecule has 4 rings (SSSR count). The first-order valence-electron chi connectivity index (χ1n) is 9.42. The summed E-state index contributed by atoms with van der Waals surface area (Å²) in [5.41, 5.74) is 1.61. The van der Waals surface area contributed by atoms with Crippen LogP contribution in [-0.4, -0.2) is 38.4 Å². The Bertz CT molecular complexity index is 1090. The number of rotatable bonds is 4. The lowest BCUT2D eigenvalue weighted by Gasteiger charge is -2.33. The Balaban J connectivity index is 1.53. The standard InChI is InChI=1S/C21H20ClN5O2/c1-26-19(28)12-18(17-5-8-23-13-24-17)25-21(26)27-9-6-14(7-10-27)20(29)15-3-2-4-16(22)11-15/h2-5,8,11-14H,6-7,9-10H2,1H3. The molecule has 0 N–H and O–H groups in total. The SMILES string of the molecule is Cn1c(N2CCC(C(=O)c3cccc(Cl)c3)CC2)nc(-c2ccncn2)cc1=O. The Morgan fingerprint density at radius 1 is 1.14 bits per heavy atom. The molecule has 29 heavy (non-hydrogen) atoms. The minimum atomic E-state index is -0.152. The molecule has 8 heteroatoms. The summed E-state index contributed by atoms with van der Waals surface area (Å²) in [7, 11) is 1.71. The number of benzene rings is 1. The topological polar surface area (TPSA) is 81.0 Å². The average molecular weight is 410 g/mol. The number of hydrogen-bond acceptors (Lipinski definition) is 6. The molecule has 2 aromatic heterocycles. The van der Waals surface area contributed by atoms with E-state index in [4.69, 9.17) is 11.6 Å². The van der Waals surface area contributed by atoms with Gasteiger partial charge in [-0.1, -0.05) is 23.7 Å². The maximum Gasteiger partial charge on any atom is 0.255 e. The minimum Gasteiger partial charge on any atom is -0.342 e. The van der Waals surface area contributed by atoms with Gasteiger partial charge in [-0.2, -0.15) is 0 Å². The molecule has 148 valence electrons. The van der Waals surface area contributed by atoms with E-state index in [1.807, 2.05) is 4.90 Å². The van der Waals surface area contributed by atoms with Crippen LogP contribution in [0.3, 0.4) is 0 Å². The third-order valence-electron chi connectivity index (χ3n) is 5.21. The molecule has 0 aliphatic carbocycles. The second kappa shape index (κ2) is 8.13. The van der Waals surface area contributed by atoms with E-state index in [0.717, 1.165) is 0 Å². The maximum atomic E-state index is 12.8. The van der Waals surface area contributed by atoms with Crippen molar-refractivity contribution in [3.8, 4) is 11.4 Å². The Kier molecular flexibility index (Phi) is 5.40. The number of aromatic nitrogens is 4. The highest BCUT2D eigenvalue weighted by Crippen LogP contribution is 2.26. The van der Waals surface area contributed by atoms with Gasteiger partial charge in [0.1, 0.15) is 6.33 Å². The molecule has 1 aliphatic heterocycles. The van der Waals surface area contributed by atoms with E-state index in [1.54, 1.807) is 43.6 Å². The first-order chi connectivity index (χ1) is 14.0. The summed E-state index contributed by atoms with van der Waals surface area (Å²) in [5.74, 6) is 0.635. The van der Waals surface area contributed by atoms with Gasteiger partial charge in [-0.05, 0) is 31.0 Å². The van der Waals surface area contributed by atoms with E-state index < -0.39 is 0 Å². The quantitative estimate of drug-likeness (QED) is 0.616. The third-order valence-corrected chi connectivity index (χ3v) is 5.45. The highest BCUT2D eigenvalue weighted by molar-refractivity contribution is 6.31. The van der Waals surface area contributed by atoms with Gasteiger partial charge in [0.15, 0.2) is 5.78 Å². The summed E-state index contributed by atoms with van der Waals surface area (Å²) in [5, 5.41) is 0.564. The minimum absolute atomic E-state index is 0.0632. The van der Waals surface area contributed by atoms with Gasteiger partial charge < -0.3 is 4.90 Å². The smallest absolute Gasteiger partial charge is 0.255 e. The summed E-state index contributed by atoms with van der Waals surface area (Å²) in [6.07, 6.45) is 4.44. The molecule has 1 aromatic carbocycles. The number of nitrogens with zero attached hydrogens (tertiary/aromatic N) is 5. The number of ketones is 1. The third kappa shape index (κ3) is 4.05. The highest BCUT2D eigenvalue weighted by atomic mass is 35.5. The van der Waals surface area contributed by atoms with E-state index >= 15 is 0 Å². The largest absolute Gasteiger partial charge is 0.342 e. The van der Waals surface area contributed by atoms with Crippen molar-refractivity contribution in [2.75, 3.05) is 18.0 Å². The van der Waals surface area contributed by atoms with Crippen molar-refractivity contribution in [2.45, 2.75) is 12.8 Å². The van der Waals surface area contributed by atoms with Crippen molar-refractivity contribution in [1.29, 1.82) is 0 Å². The Hall–Kier alpha value is -3.06. The zero-order valence-electron chi connectivity index (χ0n) is 16.0. The highest BCUT2D eigenvalue weighted by Gasteiger charge is 2.27. The lowest BCUT2D eigenvalue weighted by atomic mass is 9.89. The van der Waals surface area contributed by atoms with E-state index in [0.29, 0.717) is 53.9 Å². The van der Waals surface area contributed by atoms with Gasteiger partial charge >= 0.3 is 0 Å². The van der Waals surface area contributed by atoms with Crippen molar-refractivity contribution in [3.63, 3.8) is 0 Å². The van der Waals surface area contributed by atoms with E-state index in [-0.39, 0.29) is 17.3 Å². The fourth-order valence-electron chi connectivity index (χ4n) is 3.60. The average Bonchev–Trinajstić information content (AvgIpc) is 2.76. The molecule has 1 saturated heterocycles. The molecule has 7 nitrogen and oxygen atoms in total. The molecule has 0 radical (unpaired) electrons. The van der Waals surface area contributed by atoms with Gasteiger partial charge in [-0.15, -0.1) is 0 Å². The Morgan fingerprint density at radius 3 is 2.62 bits per heavy atom. The van der Waals surface area contributed by atoms with Crippen LogP contribution in [0.15, 0.2) is 53.7 Å². The molecule has 0 unspecified atom stereocenters. The van der Waals surface area contributed by atoms with Crippen molar-refractivity contribution >= 4 is 23.3 Å². The Labute approximate surface area is 173 Å². The van der Waals surface area contributed by atoms with Crippen molar-refractivity contribution in [3.05, 3.63) is 69.9 Å². The van der Waals surface area contributed by atoms with Crippen LogP contribution in [0.5, 0.6) is 0 Å². The first kappa shape index (κ1) is 19.3. The van der Waals surface area contributed by atoms with E-state index in [1.165, 1.54) is 17.0 Å². The number of piperidine rings is 1. The molecular weight excluding hydrogens is 390 g/mol. The van der Waals surface area contributed by atoms with Gasteiger partial charge in [0.2, 0.25) is 5.95 Å². The van der Waals surface area contributed by atoms with Crippen LogP contribution in [0, 0.1) is 5.92 Å². The normalized spacial score (nSPS) is 14.8. The molecule has 0 saturated carbocycles. The summed E-state index contributed by atoms with van der Waals surface area (Å²) in [6, 6.07) is 10.3.